The van der Waals surface area contributed by atoms with Gasteiger partial charge in [0.05, 0.1) is 10.6 Å². The molecule has 1 aliphatic rings. The predicted octanol–water partition coefficient (Wildman–Crippen LogP) is 3.21. The molecule has 0 spiro atoms. The molecule has 0 amide bonds. The van der Waals surface area contributed by atoms with Crippen molar-refractivity contribution in [1.82, 2.24) is 19.3 Å². The van der Waals surface area contributed by atoms with Crippen LogP contribution in [0.4, 0.5) is 13.2 Å². The Morgan fingerprint density at radius 2 is 1.84 bits per heavy atom. The Labute approximate surface area is 180 Å². The maximum atomic E-state index is 12.7. The number of fused-ring (bicyclic) bond motifs is 1. The number of imidazole rings is 1. The maximum absolute atomic E-state index is 12.7. The van der Waals surface area contributed by atoms with Gasteiger partial charge in [0.15, 0.2) is 12.3 Å². The van der Waals surface area contributed by atoms with Crippen molar-refractivity contribution in [3.05, 3.63) is 48.4 Å². The summed E-state index contributed by atoms with van der Waals surface area (Å²) in [5.41, 5.74) is 2.07. The van der Waals surface area contributed by atoms with E-state index < -0.39 is 22.1 Å². The minimum atomic E-state index is -4.84. The number of hydrogen-bond donors (Lipinski definition) is 1. The SMILES string of the molecule is O=S(=O)(c1ccc(OC(F)(F)F)cc1)N1CCC(=NOCc2nc3cccnc3[nH]2)CC1. The van der Waals surface area contributed by atoms with Crippen LogP contribution in [0.1, 0.15) is 18.7 Å². The first-order valence-corrected chi connectivity index (χ1v) is 11.0. The zero-order chi connectivity index (χ0) is 22.8. The van der Waals surface area contributed by atoms with Crippen molar-refractivity contribution in [2.75, 3.05) is 13.1 Å². The van der Waals surface area contributed by atoms with E-state index in [2.05, 4.69) is 24.8 Å². The number of piperidine rings is 1. The molecule has 1 N–H and O–H groups in total. The number of alkyl halides is 3. The van der Waals surface area contributed by atoms with E-state index in [4.69, 9.17) is 4.84 Å². The summed E-state index contributed by atoms with van der Waals surface area (Å²) in [5.74, 6) is 0.0860. The average Bonchev–Trinajstić information content (AvgIpc) is 3.16. The average molecular weight is 469 g/mol. The van der Waals surface area contributed by atoms with Gasteiger partial charge in [0.1, 0.15) is 17.1 Å². The van der Waals surface area contributed by atoms with Gasteiger partial charge in [-0.3, -0.25) is 0 Å². The lowest BCUT2D eigenvalue weighted by Gasteiger charge is -2.26. The lowest BCUT2D eigenvalue weighted by Crippen LogP contribution is -2.38. The fraction of sp³-hybridized carbons (Fsp3) is 0.316. The molecule has 2 aromatic heterocycles. The number of nitrogens with zero attached hydrogens (tertiary/aromatic N) is 4. The summed E-state index contributed by atoms with van der Waals surface area (Å²) < 4.78 is 67.3. The van der Waals surface area contributed by atoms with E-state index in [-0.39, 0.29) is 24.6 Å². The molecule has 1 aliphatic heterocycles. The van der Waals surface area contributed by atoms with Crippen LogP contribution in [-0.2, 0) is 21.5 Å². The van der Waals surface area contributed by atoms with E-state index in [0.717, 1.165) is 29.8 Å². The van der Waals surface area contributed by atoms with Crippen molar-refractivity contribution < 1.29 is 31.2 Å². The van der Waals surface area contributed by atoms with Crippen LogP contribution < -0.4 is 4.74 Å². The molecule has 3 aromatic rings. The lowest BCUT2D eigenvalue weighted by atomic mass is 10.1. The smallest absolute Gasteiger partial charge is 0.406 e. The van der Waals surface area contributed by atoms with Gasteiger partial charge in [0.25, 0.3) is 0 Å². The summed E-state index contributed by atoms with van der Waals surface area (Å²) >= 11 is 0. The second-order valence-corrected chi connectivity index (χ2v) is 8.85. The molecule has 4 rings (SSSR count). The second kappa shape index (κ2) is 8.74. The Bertz CT molecular complexity index is 1180. The van der Waals surface area contributed by atoms with Crippen LogP contribution in [0.25, 0.3) is 11.2 Å². The van der Waals surface area contributed by atoms with Gasteiger partial charge in [-0.25, -0.2) is 18.4 Å². The van der Waals surface area contributed by atoms with E-state index >= 15 is 0 Å². The van der Waals surface area contributed by atoms with Gasteiger partial charge >= 0.3 is 6.36 Å². The van der Waals surface area contributed by atoms with Gasteiger partial charge in [0.2, 0.25) is 10.0 Å². The van der Waals surface area contributed by atoms with Crippen molar-refractivity contribution in [2.45, 2.75) is 30.7 Å². The number of sulfonamides is 1. The monoisotopic (exact) mass is 469 g/mol. The molecule has 3 heterocycles. The number of halogens is 3. The van der Waals surface area contributed by atoms with E-state index in [1.165, 1.54) is 4.31 Å². The third-order valence-electron chi connectivity index (χ3n) is 4.69. The van der Waals surface area contributed by atoms with Crippen molar-refractivity contribution in [3.8, 4) is 5.75 Å². The highest BCUT2D eigenvalue weighted by atomic mass is 32.2. The molecular formula is C19H18F3N5O4S. The third kappa shape index (κ3) is 5.16. The number of H-pyrrole nitrogens is 1. The van der Waals surface area contributed by atoms with Crippen LogP contribution in [0.2, 0.25) is 0 Å². The molecule has 13 heteroatoms. The third-order valence-corrected chi connectivity index (χ3v) is 6.61. The molecule has 170 valence electrons. The lowest BCUT2D eigenvalue weighted by molar-refractivity contribution is -0.274. The number of ether oxygens (including phenoxy) is 1. The molecular weight excluding hydrogens is 451 g/mol. The van der Waals surface area contributed by atoms with E-state index in [9.17, 15) is 21.6 Å². The molecule has 1 fully saturated rings. The summed E-state index contributed by atoms with van der Waals surface area (Å²) in [6, 6.07) is 7.72. The van der Waals surface area contributed by atoms with Crippen molar-refractivity contribution in [1.29, 1.82) is 0 Å². The molecule has 1 saturated heterocycles. The van der Waals surface area contributed by atoms with Gasteiger partial charge in [-0.15, -0.1) is 13.2 Å². The number of nitrogens with one attached hydrogen (secondary N) is 1. The minimum Gasteiger partial charge on any atom is -0.406 e. The molecule has 9 nitrogen and oxygen atoms in total. The number of aromatic amines is 1. The highest BCUT2D eigenvalue weighted by Crippen LogP contribution is 2.26. The number of hydrogen-bond acceptors (Lipinski definition) is 7. The Balaban J connectivity index is 1.32. The molecule has 0 bridgehead atoms. The summed E-state index contributed by atoms with van der Waals surface area (Å²) in [7, 11) is -3.85. The standard InChI is InChI=1S/C19H18F3N5O4S/c20-19(21,22)31-14-3-5-15(6-4-14)32(28,29)27-10-7-13(8-11-27)26-30-12-17-24-16-2-1-9-23-18(16)25-17/h1-6,9H,7-8,10-12H2,(H,23,24,25). The molecule has 0 unspecified atom stereocenters. The van der Waals surface area contributed by atoms with Crippen LogP contribution in [0.3, 0.4) is 0 Å². The fourth-order valence-corrected chi connectivity index (χ4v) is 4.63. The van der Waals surface area contributed by atoms with Gasteiger partial charge in [0, 0.05) is 32.1 Å². The topological polar surface area (TPSA) is 110 Å². The largest absolute Gasteiger partial charge is 0.573 e. The summed E-state index contributed by atoms with van der Waals surface area (Å²) in [6.45, 7) is 0.480. The Kier molecular flexibility index (Phi) is 6.02. The Morgan fingerprint density at radius 1 is 1.12 bits per heavy atom. The molecule has 0 aliphatic carbocycles. The molecule has 0 atom stereocenters. The normalized spacial score (nSPS) is 15.7. The number of benzene rings is 1. The molecule has 1 aromatic carbocycles. The highest BCUT2D eigenvalue weighted by Gasteiger charge is 2.32. The summed E-state index contributed by atoms with van der Waals surface area (Å²) in [5, 5.41) is 4.08. The van der Waals surface area contributed by atoms with E-state index in [1.807, 2.05) is 6.07 Å². The van der Waals surface area contributed by atoms with Gasteiger partial charge in [-0.2, -0.15) is 4.31 Å². The van der Waals surface area contributed by atoms with Gasteiger partial charge in [-0.1, -0.05) is 5.16 Å². The van der Waals surface area contributed by atoms with Crippen molar-refractivity contribution in [3.63, 3.8) is 0 Å². The second-order valence-electron chi connectivity index (χ2n) is 6.91. The maximum Gasteiger partial charge on any atom is 0.573 e. The zero-order valence-corrected chi connectivity index (χ0v) is 17.4. The first-order valence-electron chi connectivity index (χ1n) is 9.54. The molecule has 32 heavy (non-hydrogen) atoms. The van der Waals surface area contributed by atoms with Crippen LogP contribution in [0, 0.1) is 0 Å². The molecule has 0 radical (unpaired) electrons. The van der Waals surface area contributed by atoms with Gasteiger partial charge in [-0.05, 0) is 36.4 Å². The fourth-order valence-electron chi connectivity index (χ4n) is 3.18. The van der Waals surface area contributed by atoms with Crippen molar-refractivity contribution in [2.24, 2.45) is 5.16 Å². The molecule has 0 saturated carbocycles. The summed E-state index contributed by atoms with van der Waals surface area (Å²) in [4.78, 5) is 16.7. The van der Waals surface area contributed by atoms with Crippen LogP contribution in [-0.4, -0.2) is 52.8 Å². The first kappa shape index (κ1) is 22.0. The van der Waals surface area contributed by atoms with Gasteiger partial charge < -0.3 is 14.6 Å². The first-order chi connectivity index (χ1) is 15.2. The number of aromatic nitrogens is 3. The minimum absolute atomic E-state index is 0.109. The number of pyridine rings is 1. The van der Waals surface area contributed by atoms with Crippen molar-refractivity contribution >= 4 is 26.9 Å². The van der Waals surface area contributed by atoms with Crippen LogP contribution in [0.15, 0.2) is 52.6 Å². The van der Waals surface area contributed by atoms with E-state index in [1.54, 1.807) is 12.3 Å². The Morgan fingerprint density at radius 3 is 2.50 bits per heavy atom. The summed E-state index contributed by atoms with van der Waals surface area (Å²) in [6.07, 6.45) is -2.45. The van der Waals surface area contributed by atoms with E-state index in [0.29, 0.717) is 30.0 Å². The number of rotatable bonds is 6. The predicted molar refractivity (Wildman–Crippen MR) is 107 cm³/mol. The van der Waals surface area contributed by atoms with Crippen LogP contribution >= 0.6 is 0 Å². The number of oxime groups is 1. The Hall–Kier alpha value is -3.19. The quantitative estimate of drug-likeness (QED) is 0.555. The highest BCUT2D eigenvalue weighted by molar-refractivity contribution is 7.89. The zero-order valence-electron chi connectivity index (χ0n) is 16.5. The van der Waals surface area contributed by atoms with Crippen LogP contribution in [0.5, 0.6) is 5.75 Å².